The molecule has 4 rings (SSSR count). The molecule has 1 aliphatic heterocycles. The van der Waals surface area contributed by atoms with Crippen LogP contribution in [0, 0.1) is 5.82 Å². The number of aryl methyl sites for hydroxylation is 1. The number of hydrogen-bond donors (Lipinski definition) is 1. The number of hydrogen-bond acceptors (Lipinski definition) is 7. The van der Waals surface area contributed by atoms with Crippen LogP contribution >= 0.6 is 0 Å². The standard InChI is InChI=1S/C29H27FN2O7S/c1-4-8-19-17-20(30)12-14-24(19)40(36,37)31-23-13-11-18(5-2)26(25(23)29(35)38-3)39-16-15-32-27(33)21-9-6-7-10-22(21)28(32)34/h4,6-14,17,31H,5,15-16H2,1-3H3. The third kappa shape index (κ3) is 5.46. The summed E-state index contributed by atoms with van der Waals surface area (Å²) in [5.74, 6) is -2.32. The summed E-state index contributed by atoms with van der Waals surface area (Å²) in [5, 5.41) is 0. The molecule has 9 nitrogen and oxygen atoms in total. The minimum atomic E-state index is -4.29. The monoisotopic (exact) mass is 566 g/mol. The number of sulfonamides is 1. The number of carbonyl (C=O) groups is 3. The van der Waals surface area contributed by atoms with Crippen LogP contribution in [0.15, 0.2) is 65.6 Å². The molecule has 0 aromatic heterocycles. The Labute approximate surface area is 231 Å². The lowest BCUT2D eigenvalue weighted by molar-refractivity contribution is 0.0583. The van der Waals surface area contributed by atoms with Gasteiger partial charge in [-0.15, -0.1) is 0 Å². The van der Waals surface area contributed by atoms with Gasteiger partial charge in [-0.25, -0.2) is 17.6 Å². The fourth-order valence-electron chi connectivity index (χ4n) is 4.41. The minimum absolute atomic E-state index is 0.0546. The quantitative estimate of drug-likeness (QED) is 0.280. The first-order chi connectivity index (χ1) is 19.1. The van der Waals surface area contributed by atoms with Crippen LogP contribution in [0.4, 0.5) is 10.1 Å². The third-order valence-corrected chi connectivity index (χ3v) is 7.74. The average molecular weight is 567 g/mol. The maximum atomic E-state index is 13.8. The normalized spacial score (nSPS) is 13.1. The summed E-state index contributed by atoms with van der Waals surface area (Å²) in [6.07, 6.45) is 3.44. The van der Waals surface area contributed by atoms with Crippen molar-refractivity contribution in [1.29, 1.82) is 0 Å². The van der Waals surface area contributed by atoms with Gasteiger partial charge in [0.05, 0.1) is 35.4 Å². The molecule has 1 heterocycles. The maximum Gasteiger partial charge on any atom is 0.343 e. The first kappa shape index (κ1) is 28.5. The average Bonchev–Trinajstić information content (AvgIpc) is 3.17. The predicted molar refractivity (Wildman–Crippen MR) is 146 cm³/mol. The molecule has 1 aliphatic rings. The third-order valence-electron chi connectivity index (χ3n) is 6.30. The number of imide groups is 1. The van der Waals surface area contributed by atoms with Crippen molar-refractivity contribution in [2.75, 3.05) is 25.0 Å². The Bertz CT molecular complexity index is 1600. The van der Waals surface area contributed by atoms with E-state index in [1.807, 2.05) is 6.92 Å². The van der Waals surface area contributed by atoms with Crippen LogP contribution < -0.4 is 9.46 Å². The molecule has 0 unspecified atom stereocenters. The molecule has 11 heteroatoms. The van der Waals surface area contributed by atoms with Crippen molar-refractivity contribution in [1.82, 2.24) is 4.90 Å². The summed E-state index contributed by atoms with van der Waals surface area (Å²) in [6, 6.07) is 12.7. The van der Waals surface area contributed by atoms with Gasteiger partial charge >= 0.3 is 5.97 Å². The number of halogens is 1. The molecule has 0 fully saturated rings. The van der Waals surface area contributed by atoms with Gasteiger partial charge in [0.2, 0.25) is 0 Å². The number of ether oxygens (including phenoxy) is 2. The Hall–Kier alpha value is -4.51. The number of carbonyl (C=O) groups excluding carboxylic acids is 3. The van der Waals surface area contributed by atoms with E-state index in [1.165, 1.54) is 12.1 Å². The van der Waals surface area contributed by atoms with Crippen molar-refractivity contribution in [2.45, 2.75) is 25.2 Å². The molecule has 1 N–H and O–H groups in total. The molecule has 0 radical (unpaired) electrons. The van der Waals surface area contributed by atoms with E-state index >= 15 is 0 Å². The number of nitrogens with one attached hydrogen (secondary N) is 1. The highest BCUT2D eigenvalue weighted by molar-refractivity contribution is 7.92. The van der Waals surface area contributed by atoms with E-state index in [-0.39, 0.29) is 40.6 Å². The lowest BCUT2D eigenvalue weighted by Gasteiger charge is -2.20. The summed E-state index contributed by atoms with van der Waals surface area (Å²) < 4.78 is 53.8. The molecule has 0 saturated heterocycles. The van der Waals surface area contributed by atoms with Crippen LogP contribution in [-0.4, -0.2) is 51.4 Å². The zero-order chi connectivity index (χ0) is 29.0. The van der Waals surface area contributed by atoms with Crippen molar-refractivity contribution >= 4 is 39.6 Å². The summed E-state index contributed by atoms with van der Waals surface area (Å²) in [4.78, 5) is 39.2. The first-order valence-corrected chi connectivity index (χ1v) is 13.9. The first-order valence-electron chi connectivity index (χ1n) is 12.4. The van der Waals surface area contributed by atoms with Gasteiger partial charge in [-0.1, -0.05) is 37.3 Å². The Morgan fingerprint density at radius 2 is 1.73 bits per heavy atom. The number of amides is 2. The minimum Gasteiger partial charge on any atom is -0.490 e. The number of methoxy groups -OCH3 is 1. The number of nitrogens with zero attached hydrogens (tertiary/aromatic N) is 1. The molecular formula is C29H27FN2O7S. The Morgan fingerprint density at radius 1 is 1.05 bits per heavy atom. The van der Waals surface area contributed by atoms with E-state index in [2.05, 4.69) is 4.72 Å². The number of rotatable bonds is 10. The zero-order valence-corrected chi connectivity index (χ0v) is 22.9. The number of allylic oxidation sites excluding steroid dienone is 1. The molecule has 2 amide bonds. The Morgan fingerprint density at radius 3 is 2.33 bits per heavy atom. The highest BCUT2D eigenvalue weighted by Crippen LogP contribution is 2.34. The summed E-state index contributed by atoms with van der Waals surface area (Å²) in [6.45, 7) is 3.22. The van der Waals surface area contributed by atoms with Gasteiger partial charge in [0.1, 0.15) is 23.7 Å². The predicted octanol–water partition coefficient (Wildman–Crippen LogP) is 4.68. The SMILES string of the molecule is CC=Cc1cc(F)ccc1S(=O)(=O)Nc1ccc(CC)c(OCCN2C(=O)c3ccccc3C2=O)c1C(=O)OC. The largest absolute Gasteiger partial charge is 0.490 e. The van der Waals surface area contributed by atoms with Crippen molar-refractivity contribution in [3.63, 3.8) is 0 Å². The van der Waals surface area contributed by atoms with Crippen LogP contribution in [0.2, 0.25) is 0 Å². The highest BCUT2D eigenvalue weighted by Gasteiger charge is 2.35. The van der Waals surface area contributed by atoms with E-state index < -0.39 is 33.6 Å². The number of esters is 1. The van der Waals surface area contributed by atoms with E-state index in [4.69, 9.17) is 9.47 Å². The van der Waals surface area contributed by atoms with Crippen LogP contribution in [-0.2, 0) is 21.2 Å². The second kappa shape index (κ2) is 11.7. The van der Waals surface area contributed by atoms with Gasteiger partial charge in [0.15, 0.2) is 0 Å². The fraction of sp³-hybridized carbons (Fsp3) is 0.207. The van der Waals surface area contributed by atoms with Gasteiger partial charge in [-0.05, 0) is 60.9 Å². The van der Waals surface area contributed by atoms with E-state index in [0.717, 1.165) is 30.2 Å². The van der Waals surface area contributed by atoms with Crippen LogP contribution in [0.3, 0.4) is 0 Å². The van der Waals surface area contributed by atoms with Gasteiger partial charge in [-0.3, -0.25) is 19.2 Å². The Kier molecular flexibility index (Phi) is 8.34. The number of benzene rings is 3. The molecule has 208 valence electrons. The van der Waals surface area contributed by atoms with Crippen LogP contribution in [0.1, 0.15) is 56.0 Å². The lowest BCUT2D eigenvalue weighted by Crippen LogP contribution is -2.33. The lowest BCUT2D eigenvalue weighted by atomic mass is 10.0. The molecule has 0 saturated carbocycles. The van der Waals surface area contributed by atoms with Crippen molar-refractivity contribution in [3.05, 3.63) is 94.3 Å². The van der Waals surface area contributed by atoms with Crippen molar-refractivity contribution in [2.24, 2.45) is 0 Å². The summed E-state index contributed by atoms with van der Waals surface area (Å²) in [7, 11) is -3.15. The maximum absolute atomic E-state index is 13.8. The Balaban J connectivity index is 1.66. The molecule has 0 spiro atoms. The number of anilines is 1. The van der Waals surface area contributed by atoms with Gasteiger partial charge in [0.25, 0.3) is 21.8 Å². The second-order valence-corrected chi connectivity index (χ2v) is 10.4. The zero-order valence-electron chi connectivity index (χ0n) is 22.1. The van der Waals surface area contributed by atoms with Crippen LogP contribution in [0.25, 0.3) is 6.08 Å². The van der Waals surface area contributed by atoms with Crippen molar-refractivity contribution < 1.29 is 36.7 Å². The summed E-state index contributed by atoms with van der Waals surface area (Å²) >= 11 is 0. The molecule has 0 bridgehead atoms. The van der Waals surface area contributed by atoms with E-state index in [9.17, 15) is 27.2 Å². The van der Waals surface area contributed by atoms with Gasteiger partial charge < -0.3 is 9.47 Å². The van der Waals surface area contributed by atoms with E-state index in [0.29, 0.717) is 23.1 Å². The molecule has 3 aromatic carbocycles. The topological polar surface area (TPSA) is 119 Å². The number of fused-ring (bicyclic) bond motifs is 1. The van der Waals surface area contributed by atoms with Gasteiger partial charge in [-0.2, -0.15) is 0 Å². The van der Waals surface area contributed by atoms with Gasteiger partial charge in [0, 0.05) is 0 Å². The molecular weight excluding hydrogens is 539 g/mol. The second-order valence-electron chi connectivity index (χ2n) is 8.77. The molecule has 3 aromatic rings. The molecule has 0 aliphatic carbocycles. The highest BCUT2D eigenvalue weighted by atomic mass is 32.2. The van der Waals surface area contributed by atoms with E-state index in [1.54, 1.807) is 43.3 Å². The smallest absolute Gasteiger partial charge is 0.343 e. The fourth-order valence-corrected chi connectivity index (χ4v) is 5.67. The molecule has 0 atom stereocenters. The van der Waals surface area contributed by atoms with Crippen LogP contribution in [0.5, 0.6) is 5.75 Å². The summed E-state index contributed by atoms with van der Waals surface area (Å²) in [5.41, 5.74) is 0.996. The molecule has 40 heavy (non-hydrogen) atoms. The van der Waals surface area contributed by atoms with Crippen molar-refractivity contribution in [3.8, 4) is 5.75 Å².